The Balaban J connectivity index is 2.39. The number of thioether (sulfide) groups is 1. The molecule has 4 N–H and O–H groups in total. The highest BCUT2D eigenvalue weighted by Crippen LogP contribution is 2.37. The van der Waals surface area contributed by atoms with E-state index in [0.717, 1.165) is 31.4 Å². The minimum atomic E-state index is -0.734. The number of amides is 1. The van der Waals surface area contributed by atoms with Gasteiger partial charge in [0.25, 0.3) is 0 Å². The van der Waals surface area contributed by atoms with Gasteiger partial charge in [-0.1, -0.05) is 27.2 Å². The van der Waals surface area contributed by atoms with Gasteiger partial charge in [-0.2, -0.15) is 11.8 Å². The molecular weight excluding hydrogens is 232 g/mol. The monoisotopic (exact) mass is 258 g/mol. The van der Waals surface area contributed by atoms with Crippen molar-refractivity contribution in [3.63, 3.8) is 0 Å². The van der Waals surface area contributed by atoms with Gasteiger partial charge < -0.3 is 11.5 Å². The molecule has 0 aromatic rings. The van der Waals surface area contributed by atoms with Crippen LogP contribution in [0.2, 0.25) is 0 Å². The second-order valence-electron chi connectivity index (χ2n) is 5.60. The Labute approximate surface area is 109 Å². The van der Waals surface area contributed by atoms with Crippen molar-refractivity contribution in [2.45, 2.75) is 57.2 Å². The summed E-state index contributed by atoms with van der Waals surface area (Å²) in [5, 5.41) is 0.664. The SMILES string of the molecule is CC(C)C(C)SCCC1CCCC1(N)C(N)=O. The van der Waals surface area contributed by atoms with Gasteiger partial charge >= 0.3 is 0 Å². The standard InChI is InChI=1S/C13H26N2OS/c1-9(2)10(3)17-8-6-11-5-4-7-13(11,15)12(14)16/h9-11H,4-8,15H2,1-3H3,(H2,14,16). The molecule has 0 radical (unpaired) electrons. The molecule has 0 bridgehead atoms. The van der Waals surface area contributed by atoms with E-state index in [4.69, 9.17) is 11.5 Å². The number of hydrogen-bond acceptors (Lipinski definition) is 3. The zero-order chi connectivity index (χ0) is 13.1. The largest absolute Gasteiger partial charge is 0.368 e. The third-order valence-electron chi connectivity index (χ3n) is 4.12. The van der Waals surface area contributed by atoms with Crippen LogP contribution < -0.4 is 11.5 Å². The molecule has 4 heteroatoms. The summed E-state index contributed by atoms with van der Waals surface area (Å²) in [6, 6.07) is 0. The summed E-state index contributed by atoms with van der Waals surface area (Å²) < 4.78 is 0. The van der Waals surface area contributed by atoms with Crippen molar-refractivity contribution in [2.75, 3.05) is 5.75 Å². The van der Waals surface area contributed by atoms with E-state index in [0.29, 0.717) is 11.2 Å². The lowest BCUT2D eigenvalue weighted by Crippen LogP contribution is -2.54. The van der Waals surface area contributed by atoms with E-state index < -0.39 is 5.54 Å². The van der Waals surface area contributed by atoms with Crippen LogP contribution in [0.5, 0.6) is 0 Å². The Morgan fingerprint density at radius 1 is 1.47 bits per heavy atom. The average molecular weight is 258 g/mol. The Bertz CT molecular complexity index is 270. The number of nitrogens with two attached hydrogens (primary N) is 2. The molecule has 0 aromatic heterocycles. The van der Waals surface area contributed by atoms with E-state index in [1.165, 1.54) is 0 Å². The van der Waals surface area contributed by atoms with Crippen molar-refractivity contribution >= 4 is 17.7 Å². The van der Waals surface area contributed by atoms with Gasteiger partial charge in [0, 0.05) is 5.25 Å². The summed E-state index contributed by atoms with van der Waals surface area (Å²) in [7, 11) is 0. The number of rotatable bonds is 6. The quantitative estimate of drug-likeness (QED) is 0.767. The van der Waals surface area contributed by atoms with Gasteiger partial charge in [0.05, 0.1) is 5.54 Å². The summed E-state index contributed by atoms with van der Waals surface area (Å²) in [6.07, 6.45) is 3.86. The molecule has 0 aliphatic heterocycles. The number of primary amides is 1. The van der Waals surface area contributed by atoms with Crippen LogP contribution in [-0.4, -0.2) is 22.4 Å². The van der Waals surface area contributed by atoms with Crippen molar-refractivity contribution in [3.8, 4) is 0 Å². The minimum Gasteiger partial charge on any atom is -0.368 e. The van der Waals surface area contributed by atoms with E-state index >= 15 is 0 Å². The predicted molar refractivity (Wildman–Crippen MR) is 74.8 cm³/mol. The van der Waals surface area contributed by atoms with Crippen LogP contribution in [0, 0.1) is 11.8 Å². The third-order valence-corrected chi connectivity index (χ3v) is 5.66. The zero-order valence-electron chi connectivity index (χ0n) is 11.2. The second kappa shape index (κ2) is 6.10. The minimum absolute atomic E-state index is 0.284. The van der Waals surface area contributed by atoms with Crippen molar-refractivity contribution < 1.29 is 4.79 Å². The molecule has 1 amide bonds. The zero-order valence-corrected chi connectivity index (χ0v) is 12.1. The second-order valence-corrected chi connectivity index (χ2v) is 7.09. The highest BCUT2D eigenvalue weighted by molar-refractivity contribution is 7.99. The number of carbonyl (C=O) groups excluding carboxylic acids is 1. The number of hydrogen-bond donors (Lipinski definition) is 2. The number of carbonyl (C=O) groups is 1. The Hall–Kier alpha value is -0.220. The molecule has 0 heterocycles. The molecule has 3 nitrogen and oxygen atoms in total. The normalized spacial score (nSPS) is 30.8. The fourth-order valence-electron chi connectivity index (χ4n) is 2.42. The summed E-state index contributed by atoms with van der Waals surface area (Å²) in [4.78, 5) is 11.4. The Morgan fingerprint density at radius 3 is 2.65 bits per heavy atom. The van der Waals surface area contributed by atoms with Crippen molar-refractivity contribution in [3.05, 3.63) is 0 Å². The Kier molecular flexibility index (Phi) is 5.32. The first-order chi connectivity index (χ1) is 7.88. The molecule has 0 aromatic carbocycles. The highest BCUT2D eigenvalue weighted by atomic mass is 32.2. The lowest BCUT2D eigenvalue weighted by atomic mass is 9.85. The van der Waals surface area contributed by atoms with Crippen molar-refractivity contribution in [1.82, 2.24) is 0 Å². The lowest BCUT2D eigenvalue weighted by Gasteiger charge is -2.28. The van der Waals surface area contributed by atoms with Crippen LogP contribution >= 0.6 is 11.8 Å². The highest BCUT2D eigenvalue weighted by Gasteiger charge is 2.43. The molecule has 1 rings (SSSR count). The maximum absolute atomic E-state index is 11.4. The van der Waals surface area contributed by atoms with Crippen molar-refractivity contribution in [2.24, 2.45) is 23.3 Å². The van der Waals surface area contributed by atoms with E-state index in [1.807, 2.05) is 11.8 Å². The molecule has 3 unspecified atom stereocenters. The molecular formula is C13H26N2OS. The fourth-order valence-corrected chi connectivity index (χ4v) is 3.59. The van der Waals surface area contributed by atoms with Gasteiger partial charge in [0.1, 0.15) is 0 Å². The van der Waals surface area contributed by atoms with E-state index in [-0.39, 0.29) is 11.8 Å². The van der Waals surface area contributed by atoms with Gasteiger partial charge in [0.15, 0.2) is 0 Å². The van der Waals surface area contributed by atoms with E-state index in [9.17, 15) is 4.79 Å². The molecule has 17 heavy (non-hydrogen) atoms. The van der Waals surface area contributed by atoms with Gasteiger partial charge in [-0.25, -0.2) is 0 Å². The van der Waals surface area contributed by atoms with Gasteiger partial charge in [0.2, 0.25) is 5.91 Å². The molecule has 0 spiro atoms. The smallest absolute Gasteiger partial charge is 0.237 e. The molecule has 1 saturated carbocycles. The summed E-state index contributed by atoms with van der Waals surface area (Å²) >= 11 is 1.98. The van der Waals surface area contributed by atoms with Crippen LogP contribution in [0.4, 0.5) is 0 Å². The molecule has 100 valence electrons. The molecule has 1 fully saturated rings. The first kappa shape index (κ1) is 14.8. The van der Waals surface area contributed by atoms with E-state index in [2.05, 4.69) is 20.8 Å². The van der Waals surface area contributed by atoms with Crippen LogP contribution in [0.3, 0.4) is 0 Å². The first-order valence-corrected chi connectivity index (χ1v) is 7.63. The van der Waals surface area contributed by atoms with Gasteiger partial charge in [-0.3, -0.25) is 4.79 Å². The van der Waals surface area contributed by atoms with Gasteiger partial charge in [-0.15, -0.1) is 0 Å². The van der Waals surface area contributed by atoms with Crippen LogP contribution in [-0.2, 0) is 4.79 Å². The lowest BCUT2D eigenvalue weighted by molar-refractivity contribution is -0.124. The third kappa shape index (κ3) is 3.62. The van der Waals surface area contributed by atoms with Crippen LogP contribution in [0.1, 0.15) is 46.5 Å². The average Bonchev–Trinajstić information content (AvgIpc) is 2.61. The summed E-state index contributed by atoms with van der Waals surface area (Å²) in [6.45, 7) is 6.74. The topological polar surface area (TPSA) is 69.1 Å². The summed E-state index contributed by atoms with van der Waals surface area (Å²) in [5.74, 6) is 1.74. The predicted octanol–water partition coefficient (Wildman–Crippen LogP) is 2.14. The van der Waals surface area contributed by atoms with Gasteiger partial charge in [-0.05, 0) is 36.9 Å². The van der Waals surface area contributed by atoms with Crippen LogP contribution in [0.25, 0.3) is 0 Å². The molecule has 1 aliphatic carbocycles. The molecule has 3 atom stereocenters. The maximum Gasteiger partial charge on any atom is 0.237 e. The Morgan fingerprint density at radius 2 is 2.12 bits per heavy atom. The molecule has 1 aliphatic rings. The first-order valence-electron chi connectivity index (χ1n) is 6.58. The van der Waals surface area contributed by atoms with Crippen LogP contribution in [0.15, 0.2) is 0 Å². The summed E-state index contributed by atoms with van der Waals surface area (Å²) in [5.41, 5.74) is 10.8. The fraction of sp³-hybridized carbons (Fsp3) is 0.923. The maximum atomic E-state index is 11.4. The molecule has 0 saturated heterocycles. The van der Waals surface area contributed by atoms with E-state index in [1.54, 1.807) is 0 Å². The van der Waals surface area contributed by atoms with Crippen molar-refractivity contribution in [1.29, 1.82) is 0 Å².